The van der Waals surface area contributed by atoms with E-state index in [9.17, 15) is 14.4 Å². The van der Waals surface area contributed by atoms with E-state index in [0.29, 0.717) is 11.3 Å². The third kappa shape index (κ3) is 2.56. The SMILES string of the molecule is COC(=O)C1(CC(=O)c2ccccc2)CSCC1=O. The number of benzene rings is 1. The van der Waals surface area contributed by atoms with Gasteiger partial charge in [-0.05, 0) is 0 Å². The highest BCUT2D eigenvalue weighted by Gasteiger charge is 2.51. The lowest BCUT2D eigenvalue weighted by atomic mass is 9.80. The number of methoxy groups -OCH3 is 1. The van der Waals surface area contributed by atoms with Gasteiger partial charge in [0, 0.05) is 17.7 Å². The molecule has 0 aromatic heterocycles. The number of Topliss-reactive ketones (excluding diaryl/α,β-unsaturated/α-hetero) is 2. The molecule has 1 aromatic carbocycles. The summed E-state index contributed by atoms with van der Waals surface area (Å²) in [7, 11) is 1.24. The van der Waals surface area contributed by atoms with E-state index in [0.717, 1.165) is 0 Å². The average molecular weight is 278 g/mol. The van der Waals surface area contributed by atoms with Crippen molar-refractivity contribution in [2.24, 2.45) is 5.41 Å². The molecule has 4 nitrogen and oxygen atoms in total. The summed E-state index contributed by atoms with van der Waals surface area (Å²) in [5.74, 6) is -0.448. The Morgan fingerprint density at radius 1 is 1.32 bits per heavy atom. The van der Waals surface area contributed by atoms with E-state index in [1.807, 2.05) is 6.07 Å². The first-order valence-electron chi connectivity index (χ1n) is 5.88. The molecular formula is C14H14O4S. The molecule has 0 spiro atoms. The van der Waals surface area contributed by atoms with Gasteiger partial charge in [-0.1, -0.05) is 30.3 Å². The summed E-state index contributed by atoms with van der Waals surface area (Å²) in [4.78, 5) is 36.1. The van der Waals surface area contributed by atoms with Crippen molar-refractivity contribution >= 4 is 29.3 Å². The molecule has 1 heterocycles. The van der Waals surface area contributed by atoms with Crippen LogP contribution in [0.5, 0.6) is 0 Å². The molecule has 0 N–H and O–H groups in total. The number of hydrogen-bond donors (Lipinski definition) is 0. The van der Waals surface area contributed by atoms with Crippen molar-refractivity contribution in [1.82, 2.24) is 0 Å². The number of ether oxygens (including phenoxy) is 1. The second kappa shape index (κ2) is 5.57. The van der Waals surface area contributed by atoms with Crippen molar-refractivity contribution in [2.45, 2.75) is 6.42 Å². The van der Waals surface area contributed by atoms with Gasteiger partial charge in [-0.25, -0.2) is 0 Å². The number of thioether (sulfide) groups is 1. The number of hydrogen-bond acceptors (Lipinski definition) is 5. The standard InChI is InChI=1S/C14H14O4S/c1-18-13(17)14(9-19-8-12(14)16)7-11(15)10-5-3-2-4-6-10/h2-6H,7-9H2,1H3. The van der Waals surface area contributed by atoms with Crippen LogP contribution >= 0.6 is 11.8 Å². The van der Waals surface area contributed by atoms with Gasteiger partial charge >= 0.3 is 5.97 Å². The molecule has 1 aliphatic heterocycles. The molecule has 0 amide bonds. The minimum atomic E-state index is -1.30. The average Bonchev–Trinajstić information content (AvgIpc) is 2.81. The van der Waals surface area contributed by atoms with Crippen LogP contribution in [0.1, 0.15) is 16.8 Å². The lowest BCUT2D eigenvalue weighted by Gasteiger charge is -2.22. The lowest BCUT2D eigenvalue weighted by molar-refractivity contribution is -0.155. The Morgan fingerprint density at radius 3 is 2.53 bits per heavy atom. The van der Waals surface area contributed by atoms with Crippen molar-refractivity contribution in [3.8, 4) is 0 Å². The molecule has 0 radical (unpaired) electrons. The van der Waals surface area contributed by atoms with Crippen LogP contribution in [0.2, 0.25) is 0 Å². The van der Waals surface area contributed by atoms with Gasteiger partial charge in [0.2, 0.25) is 0 Å². The highest BCUT2D eigenvalue weighted by Crippen LogP contribution is 2.38. The van der Waals surface area contributed by atoms with Crippen LogP contribution < -0.4 is 0 Å². The second-order valence-electron chi connectivity index (χ2n) is 4.46. The molecular weight excluding hydrogens is 264 g/mol. The number of carbonyl (C=O) groups is 3. The minimum Gasteiger partial charge on any atom is -0.468 e. The number of carbonyl (C=O) groups excluding carboxylic acids is 3. The molecule has 0 saturated carbocycles. The van der Waals surface area contributed by atoms with Gasteiger partial charge in [0.1, 0.15) is 5.41 Å². The fraction of sp³-hybridized carbons (Fsp3) is 0.357. The summed E-state index contributed by atoms with van der Waals surface area (Å²) in [6, 6.07) is 8.68. The smallest absolute Gasteiger partial charge is 0.320 e. The van der Waals surface area contributed by atoms with Gasteiger partial charge in [-0.15, -0.1) is 0 Å². The topological polar surface area (TPSA) is 60.4 Å². The van der Waals surface area contributed by atoms with E-state index in [4.69, 9.17) is 4.74 Å². The Bertz CT molecular complexity index is 511. The first-order valence-corrected chi connectivity index (χ1v) is 7.03. The first-order chi connectivity index (χ1) is 9.10. The molecule has 100 valence electrons. The highest BCUT2D eigenvalue weighted by atomic mass is 32.2. The Kier molecular flexibility index (Phi) is 4.04. The maximum Gasteiger partial charge on any atom is 0.320 e. The van der Waals surface area contributed by atoms with Crippen LogP contribution in [-0.4, -0.2) is 36.2 Å². The van der Waals surface area contributed by atoms with Gasteiger partial charge in [0.25, 0.3) is 0 Å². The molecule has 0 bridgehead atoms. The van der Waals surface area contributed by atoms with E-state index >= 15 is 0 Å². The molecule has 0 aliphatic carbocycles. The van der Waals surface area contributed by atoms with Gasteiger partial charge in [0.05, 0.1) is 12.9 Å². The van der Waals surface area contributed by atoms with Crippen LogP contribution in [-0.2, 0) is 14.3 Å². The van der Waals surface area contributed by atoms with E-state index in [-0.39, 0.29) is 23.7 Å². The van der Waals surface area contributed by atoms with E-state index in [2.05, 4.69) is 0 Å². The third-order valence-corrected chi connectivity index (χ3v) is 4.41. The van der Waals surface area contributed by atoms with Crippen molar-refractivity contribution in [3.63, 3.8) is 0 Å². The Labute approximate surface area is 115 Å². The molecule has 2 rings (SSSR count). The first kappa shape index (κ1) is 13.8. The highest BCUT2D eigenvalue weighted by molar-refractivity contribution is 8.00. The molecule has 1 fully saturated rings. The normalized spacial score (nSPS) is 22.3. The third-order valence-electron chi connectivity index (χ3n) is 3.25. The Hall–Kier alpha value is -1.62. The molecule has 1 aromatic rings. The van der Waals surface area contributed by atoms with Gasteiger partial charge in [-0.3, -0.25) is 14.4 Å². The monoisotopic (exact) mass is 278 g/mol. The van der Waals surface area contributed by atoms with Gasteiger partial charge in [-0.2, -0.15) is 11.8 Å². The van der Waals surface area contributed by atoms with Crippen LogP contribution in [0.4, 0.5) is 0 Å². The van der Waals surface area contributed by atoms with Crippen LogP contribution in [0.15, 0.2) is 30.3 Å². The number of esters is 1. The maximum absolute atomic E-state index is 12.2. The summed E-state index contributed by atoms with van der Waals surface area (Å²) >= 11 is 1.37. The molecule has 1 unspecified atom stereocenters. The lowest BCUT2D eigenvalue weighted by Crippen LogP contribution is -2.41. The van der Waals surface area contributed by atoms with Gasteiger partial charge in [0.15, 0.2) is 11.6 Å². The quantitative estimate of drug-likeness (QED) is 0.477. The zero-order valence-corrected chi connectivity index (χ0v) is 11.4. The summed E-state index contributed by atoms with van der Waals surface area (Å²) in [6.07, 6.45) is -0.116. The predicted molar refractivity (Wildman–Crippen MR) is 72.2 cm³/mol. The molecule has 19 heavy (non-hydrogen) atoms. The fourth-order valence-electron chi connectivity index (χ4n) is 2.13. The zero-order chi connectivity index (χ0) is 13.9. The van der Waals surface area contributed by atoms with Crippen LogP contribution in [0.3, 0.4) is 0 Å². The van der Waals surface area contributed by atoms with Crippen molar-refractivity contribution in [3.05, 3.63) is 35.9 Å². The van der Waals surface area contributed by atoms with Crippen LogP contribution in [0.25, 0.3) is 0 Å². The zero-order valence-electron chi connectivity index (χ0n) is 10.5. The van der Waals surface area contributed by atoms with Crippen molar-refractivity contribution in [1.29, 1.82) is 0 Å². The molecule has 1 aliphatic rings. The summed E-state index contributed by atoms with van der Waals surface area (Å²) < 4.78 is 4.72. The van der Waals surface area contributed by atoms with E-state index in [1.165, 1.54) is 18.9 Å². The number of ketones is 2. The summed E-state index contributed by atoms with van der Waals surface area (Å²) in [6.45, 7) is 0. The Balaban J connectivity index is 2.25. The molecule has 5 heteroatoms. The largest absolute Gasteiger partial charge is 0.468 e. The second-order valence-corrected chi connectivity index (χ2v) is 5.44. The minimum absolute atomic E-state index is 0.116. The summed E-state index contributed by atoms with van der Waals surface area (Å²) in [5, 5.41) is 0. The predicted octanol–water partition coefficient (Wildman–Crippen LogP) is 1.73. The van der Waals surface area contributed by atoms with Crippen LogP contribution in [0, 0.1) is 5.41 Å². The van der Waals surface area contributed by atoms with Gasteiger partial charge < -0.3 is 4.74 Å². The molecule has 1 atom stereocenters. The number of rotatable bonds is 4. The Morgan fingerprint density at radius 2 is 2.00 bits per heavy atom. The molecule has 1 saturated heterocycles. The van der Waals surface area contributed by atoms with E-state index in [1.54, 1.807) is 24.3 Å². The fourth-order valence-corrected chi connectivity index (χ4v) is 3.42. The van der Waals surface area contributed by atoms with E-state index < -0.39 is 11.4 Å². The van der Waals surface area contributed by atoms with Crippen molar-refractivity contribution < 1.29 is 19.1 Å². The summed E-state index contributed by atoms with van der Waals surface area (Å²) in [5.41, 5.74) is -0.790. The van der Waals surface area contributed by atoms with Crippen molar-refractivity contribution in [2.75, 3.05) is 18.6 Å². The maximum atomic E-state index is 12.2.